The van der Waals surface area contributed by atoms with E-state index in [1.807, 2.05) is 0 Å². The van der Waals surface area contributed by atoms with Crippen LogP contribution in [0.5, 0.6) is 0 Å². The summed E-state index contributed by atoms with van der Waals surface area (Å²) >= 11 is 5.82. The number of benzene rings is 2. The molecule has 2 aromatic carbocycles. The van der Waals surface area contributed by atoms with Gasteiger partial charge in [-0.15, -0.1) is 0 Å². The molecule has 110 valence electrons. The average Bonchev–Trinajstić information content (AvgIpc) is 2.41. The van der Waals surface area contributed by atoms with E-state index in [2.05, 4.69) is 5.32 Å². The molecule has 0 fully saturated rings. The molecule has 2 rings (SSSR count). The van der Waals surface area contributed by atoms with Crippen LogP contribution in [0.15, 0.2) is 48.5 Å². The highest BCUT2D eigenvalue weighted by atomic mass is 35.5. The largest absolute Gasteiger partial charge is 0.480 e. The molecule has 0 aliphatic heterocycles. The molecule has 5 heteroatoms. The van der Waals surface area contributed by atoms with Crippen LogP contribution < -0.4 is 5.32 Å². The summed E-state index contributed by atoms with van der Waals surface area (Å²) < 4.78 is 13.2. The Morgan fingerprint density at radius 2 is 1.95 bits per heavy atom. The SMILES string of the molecule is CC(Cc1ccc(Cl)cc1)(Nc1cccc(F)c1)C(=O)O. The molecular weight excluding hydrogens is 293 g/mol. The van der Waals surface area contributed by atoms with Gasteiger partial charge in [-0.3, -0.25) is 0 Å². The third-order valence-corrected chi connectivity index (χ3v) is 3.44. The molecule has 0 amide bonds. The summed E-state index contributed by atoms with van der Waals surface area (Å²) in [6.45, 7) is 1.56. The number of carboxylic acid groups (broad SMARTS) is 1. The number of carboxylic acids is 1. The Kier molecular flexibility index (Phi) is 4.48. The smallest absolute Gasteiger partial charge is 0.329 e. The Morgan fingerprint density at radius 3 is 2.52 bits per heavy atom. The van der Waals surface area contributed by atoms with E-state index in [1.165, 1.54) is 18.2 Å². The van der Waals surface area contributed by atoms with Crippen molar-refractivity contribution in [3.8, 4) is 0 Å². The van der Waals surface area contributed by atoms with Gasteiger partial charge in [-0.05, 0) is 42.8 Å². The summed E-state index contributed by atoms with van der Waals surface area (Å²) in [5.74, 6) is -1.43. The molecule has 2 aromatic rings. The van der Waals surface area contributed by atoms with Crippen LogP contribution in [-0.2, 0) is 11.2 Å². The summed E-state index contributed by atoms with van der Waals surface area (Å²) in [6.07, 6.45) is 0.246. The van der Waals surface area contributed by atoms with Crippen molar-refractivity contribution in [2.24, 2.45) is 0 Å². The van der Waals surface area contributed by atoms with Crippen LogP contribution in [0.4, 0.5) is 10.1 Å². The quantitative estimate of drug-likeness (QED) is 0.878. The zero-order valence-electron chi connectivity index (χ0n) is 11.4. The second kappa shape index (κ2) is 6.14. The summed E-state index contributed by atoms with van der Waals surface area (Å²) in [5.41, 5.74) is 0.00352. The third kappa shape index (κ3) is 3.95. The molecule has 21 heavy (non-hydrogen) atoms. The number of hydrogen-bond donors (Lipinski definition) is 2. The van der Waals surface area contributed by atoms with Gasteiger partial charge in [0.2, 0.25) is 0 Å². The molecule has 0 bridgehead atoms. The predicted molar refractivity (Wildman–Crippen MR) is 81.2 cm³/mol. The Hall–Kier alpha value is -2.07. The van der Waals surface area contributed by atoms with Crippen LogP contribution in [0.25, 0.3) is 0 Å². The Balaban J connectivity index is 2.23. The minimum atomic E-state index is -1.25. The highest BCUT2D eigenvalue weighted by Gasteiger charge is 2.33. The highest BCUT2D eigenvalue weighted by Crippen LogP contribution is 2.22. The number of hydrogen-bond acceptors (Lipinski definition) is 2. The molecule has 1 atom stereocenters. The van der Waals surface area contributed by atoms with Crippen LogP contribution in [-0.4, -0.2) is 16.6 Å². The summed E-state index contributed by atoms with van der Waals surface area (Å²) in [4.78, 5) is 11.6. The maximum atomic E-state index is 13.2. The fourth-order valence-corrected chi connectivity index (χ4v) is 2.19. The minimum Gasteiger partial charge on any atom is -0.480 e. The van der Waals surface area contributed by atoms with Crippen molar-refractivity contribution in [1.29, 1.82) is 0 Å². The van der Waals surface area contributed by atoms with Crippen molar-refractivity contribution in [3.63, 3.8) is 0 Å². The Labute approximate surface area is 127 Å². The molecule has 0 spiro atoms. The van der Waals surface area contributed by atoms with Gasteiger partial charge >= 0.3 is 5.97 Å². The third-order valence-electron chi connectivity index (χ3n) is 3.19. The van der Waals surface area contributed by atoms with Gasteiger partial charge in [-0.1, -0.05) is 29.8 Å². The summed E-state index contributed by atoms with van der Waals surface area (Å²) in [7, 11) is 0. The Bertz CT molecular complexity index is 645. The standard InChI is InChI=1S/C16H15ClFNO2/c1-16(15(20)21,10-11-5-7-12(17)8-6-11)19-14-4-2-3-13(18)9-14/h2-9,19H,10H2,1H3,(H,20,21). The van der Waals surface area contributed by atoms with Gasteiger partial charge in [-0.25, -0.2) is 9.18 Å². The second-order valence-electron chi connectivity index (χ2n) is 5.08. The van der Waals surface area contributed by atoms with Gasteiger partial charge in [0.05, 0.1) is 0 Å². The molecule has 2 N–H and O–H groups in total. The summed E-state index contributed by atoms with van der Waals surface area (Å²) in [5, 5.41) is 13.0. The highest BCUT2D eigenvalue weighted by molar-refractivity contribution is 6.30. The number of aliphatic carboxylic acids is 1. The average molecular weight is 308 g/mol. The van der Waals surface area contributed by atoms with Crippen LogP contribution in [0.2, 0.25) is 5.02 Å². The monoisotopic (exact) mass is 307 g/mol. The first kappa shape index (κ1) is 15.3. The van der Waals surface area contributed by atoms with Gasteiger partial charge in [0.1, 0.15) is 11.4 Å². The fourth-order valence-electron chi connectivity index (χ4n) is 2.07. The normalized spacial score (nSPS) is 13.5. The number of rotatable bonds is 5. The maximum absolute atomic E-state index is 13.2. The van der Waals surface area contributed by atoms with Crippen molar-refractivity contribution in [1.82, 2.24) is 0 Å². The molecule has 0 radical (unpaired) electrons. The van der Waals surface area contributed by atoms with Crippen molar-refractivity contribution >= 4 is 23.3 Å². The Morgan fingerprint density at radius 1 is 1.29 bits per heavy atom. The van der Waals surface area contributed by atoms with E-state index in [0.29, 0.717) is 10.7 Å². The molecule has 1 unspecified atom stereocenters. The topological polar surface area (TPSA) is 49.3 Å². The van der Waals surface area contributed by atoms with Crippen LogP contribution in [0.3, 0.4) is 0 Å². The number of halogens is 2. The molecular formula is C16H15ClFNO2. The lowest BCUT2D eigenvalue weighted by Crippen LogP contribution is -2.45. The second-order valence-corrected chi connectivity index (χ2v) is 5.51. The van der Waals surface area contributed by atoms with Gasteiger partial charge < -0.3 is 10.4 Å². The molecule has 0 aliphatic rings. The molecule has 3 nitrogen and oxygen atoms in total. The van der Waals surface area contributed by atoms with E-state index in [1.54, 1.807) is 37.3 Å². The van der Waals surface area contributed by atoms with Crippen LogP contribution in [0.1, 0.15) is 12.5 Å². The van der Waals surface area contributed by atoms with Gasteiger partial charge in [-0.2, -0.15) is 0 Å². The van der Waals surface area contributed by atoms with E-state index in [4.69, 9.17) is 11.6 Å². The molecule has 0 aromatic heterocycles. The van der Waals surface area contributed by atoms with E-state index < -0.39 is 17.3 Å². The van der Waals surface area contributed by atoms with E-state index in [0.717, 1.165) is 5.56 Å². The van der Waals surface area contributed by atoms with Crippen LogP contribution >= 0.6 is 11.6 Å². The maximum Gasteiger partial charge on any atom is 0.329 e. The van der Waals surface area contributed by atoms with Gasteiger partial charge in [0, 0.05) is 17.1 Å². The van der Waals surface area contributed by atoms with Crippen molar-refractivity contribution in [3.05, 3.63) is 64.9 Å². The lowest BCUT2D eigenvalue weighted by molar-refractivity contribution is -0.141. The number of nitrogens with one attached hydrogen (secondary N) is 1. The number of carbonyl (C=O) groups is 1. The zero-order valence-corrected chi connectivity index (χ0v) is 12.2. The van der Waals surface area contributed by atoms with E-state index in [9.17, 15) is 14.3 Å². The van der Waals surface area contributed by atoms with Crippen molar-refractivity contribution < 1.29 is 14.3 Å². The molecule has 0 saturated carbocycles. The van der Waals surface area contributed by atoms with E-state index in [-0.39, 0.29) is 6.42 Å². The first-order valence-corrected chi connectivity index (χ1v) is 6.78. The molecule has 0 saturated heterocycles. The molecule has 0 heterocycles. The van der Waals surface area contributed by atoms with Crippen LogP contribution in [0, 0.1) is 5.82 Å². The lowest BCUT2D eigenvalue weighted by Gasteiger charge is -2.27. The van der Waals surface area contributed by atoms with Crippen molar-refractivity contribution in [2.75, 3.05) is 5.32 Å². The fraction of sp³-hybridized carbons (Fsp3) is 0.188. The number of anilines is 1. The van der Waals surface area contributed by atoms with Gasteiger partial charge in [0.25, 0.3) is 0 Å². The van der Waals surface area contributed by atoms with E-state index >= 15 is 0 Å². The first-order chi connectivity index (χ1) is 9.89. The van der Waals surface area contributed by atoms with Gasteiger partial charge in [0.15, 0.2) is 0 Å². The zero-order chi connectivity index (χ0) is 15.5. The van der Waals surface area contributed by atoms with Crippen molar-refractivity contribution in [2.45, 2.75) is 18.9 Å². The molecule has 0 aliphatic carbocycles. The predicted octanol–water partition coefficient (Wildman–Crippen LogP) is 3.98. The minimum absolute atomic E-state index is 0.246. The lowest BCUT2D eigenvalue weighted by atomic mass is 9.92. The first-order valence-electron chi connectivity index (χ1n) is 6.41. The summed E-state index contributed by atoms with van der Waals surface area (Å²) in [6, 6.07) is 12.7.